The molecule has 2 amide bonds. The quantitative estimate of drug-likeness (QED) is 0.604. The van der Waals surface area contributed by atoms with E-state index in [4.69, 9.17) is 22.1 Å². The predicted molar refractivity (Wildman–Crippen MR) is 101 cm³/mol. The molecule has 0 aliphatic carbocycles. The van der Waals surface area contributed by atoms with Crippen molar-refractivity contribution in [2.45, 2.75) is 33.3 Å². The van der Waals surface area contributed by atoms with E-state index in [0.29, 0.717) is 10.7 Å². The zero-order valence-corrected chi connectivity index (χ0v) is 16.1. The molecular formula is C18H23ClN4O3. The molecule has 1 aromatic carbocycles. The number of carbonyl (C=O) groups is 2. The van der Waals surface area contributed by atoms with Crippen LogP contribution in [0.2, 0.25) is 5.02 Å². The molecule has 1 rings (SSSR count). The van der Waals surface area contributed by atoms with Crippen LogP contribution in [-0.4, -0.2) is 35.6 Å². The smallest absolute Gasteiger partial charge is 0.414 e. The number of benzene rings is 1. The number of rotatable bonds is 5. The first kappa shape index (κ1) is 21.5. The zero-order chi connectivity index (χ0) is 19.9. The van der Waals surface area contributed by atoms with Gasteiger partial charge < -0.3 is 15.8 Å². The van der Waals surface area contributed by atoms with E-state index in [9.17, 15) is 14.9 Å². The maximum absolute atomic E-state index is 12.4. The number of nitrogens with one attached hydrogen (secondary N) is 1. The van der Waals surface area contributed by atoms with Crippen molar-refractivity contribution >= 4 is 29.3 Å². The van der Waals surface area contributed by atoms with E-state index in [1.807, 2.05) is 0 Å². The van der Waals surface area contributed by atoms with Gasteiger partial charge in [0.1, 0.15) is 17.2 Å². The highest BCUT2D eigenvalue weighted by atomic mass is 35.5. The SMILES string of the molecule is Cc1ccc(Cl)cc1NC(=O)/C(C#N)=C\N(CCN)C(=O)OC(C)(C)C. The van der Waals surface area contributed by atoms with Gasteiger partial charge in [-0.1, -0.05) is 17.7 Å². The lowest BCUT2D eigenvalue weighted by Crippen LogP contribution is -2.37. The van der Waals surface area contributed by atoms with Crippen molar-refractivity contribution in [3.8, 4) is 6.07 Å². The monoisotopic (exact) mass is 378 g/mol. The Hall–Kier alpha value is -2.56. The number of carbonyl (C=O) groups excluding carboxylic acids is 2. The molecule has 0 heterocycles. The first-order chi connectivity index (χ1) is 12.1. The summed E-state index contributed by atoms with van der Waals surface area (Å²) >= 11 is 5.93. The lowest BCUT2D eigenvalue weighted by molar-refractivity contribution is -0.112. The molecule has 0 unspecified atom stereocenters. The number of aryl methyl sites for hydroxylation is 1. The van der Waals surface area contributed by atoms with Crippen LogP contribution in [0, 0.1) is 18.3 Å². The highest BCUT2D eigenvalue weighted by Crippen LogP contribution is 2.21. The fraction of sp³-hybridized carbons (Fsp3) is 0.389. The molecule has 0 aromatic heterocycles. The Kier molecular flexibility index (Phi) is 7.62. The van der Waals surface area contributed by atoms with E-state index in [2.05, 4.69) is 5.32 Å². The molecule has 0 saturated carbocycles. The van der Waals surface area contributed by atoms with Crippen LogP contribution in [0.15, 0.2) is 30.0 Å². The van der Waals surface area contributed by atoms with Gasteiger partial charge in [-0.05, 0) is 45.4 Å². The lowest BCUT2D eigenvalue weighted by atomic mass is 10.2. The van der Waals surface area contributed by atoms with Gasteiger partial charge in [-0.2, -0.15) is 5.26 Å². The van der Waals surface area contributed by atoms with Crippen LogP contribution in [0.4, 0.5) is 10.5 Å². The first-order valence-corrected chi connectivity index (χ1v) is 8.34. The van der Waals surface area contributed by atoms with E-state index < -0.39 is 17.6 Å². The number of hydrogen-bond donors (Lipinski definition) is 2. The Morgan fingerprint density at radius 1 is 1.42 bits per heavy atom. The van der Waals surface area contributed by atoms with E-state index in [-0.39, 0.29) is 18.7 Å². The molecule has 0 atom stereocenters. The Morgan fingerprint density at radius 3 is 2.62 bits per heavy atom. The molecule has 0 spiro atoms. The molecule has 0 aliphatic heterocycles. The van der Waals surface area contributed by atoms with Crippen molar-refractivity contribution in [3.05, 3.63) is 40.6 Å². The van der Waals surface area contributed by atoms with Crippen LogP contribution >= 0.6 is 11.6 Å². The van der Waals surface area contributed by atoms with Gasteiger partial charge in [0.05, 0.1) is 0 Å². The standard InChI is InChI=1S/C18H23ClN4O3/c1-12-5-6-14(19)9-15(12)22-16(24)13(10-21)11-23(8-7-20)17(25)26-18(2,3)4/h5-6,9,11H,7-8,20H2,1-4H3,(H,22,24)/b13-11-. The molecular weight excluding hydrogens is 356 g/mol. The molecule has 0 bridgehead atoms. The Balaban J connectivity index is 3.04. The van der Waals surface area contributed by atoms with Gasteiger partial charge in [-0.3, -0.25) is 9.69 Å². The summed E-state index contributed by atoms with van der Waals surface area (Å²) < 4.78 is 5.26. The molecule has 8 heteroatoms. The Bertz CT molecular complexity index is 748. The van der Waals surface area contributed by atoms with E-state index in [0.717, 1.165) is 16.7 Å². The summed E-state index contributed by atoms with van der Waals surface area (Å²) in [6.45, 7) is 7.19. The summed E-state index contributed by atoms with van der Waals surface area (Å²) in [5.41, 5.74) is 5.79. The van der Waals surface area contributed by atoms with E-state index in [1.54, 1.807) is 52.0 Å². The highest BCUT2D eigenvalue weighted by Gasteiger charge is 2.22. The van der Waals surface area contributed by atoms with Crippen molar-refractivity contribution < 1.29 is 14.3 Å². The van der Waals surface area contributed by atoms with Crippen LogP contribution in [-0.2, 0) is 9.53 Å². The van der Waals surface area contributed by atoms with Gasteiger partial charge in [0.15, 0.2) is 0 Å². The largest absolute Gasteiger partial charge is 0.443 e. The summed E-state index contributed by atoms with van der Waals surface area (Å²) in [5, 5.41) is 12.4. The fourth-order valence-corrected chi connectivity index (χ4v) is 2.05. The molecule has 0 radical (unpaired) electrons. The third-order valence-electron chi connectivity index (χ3n) is 3.10. The Morgan fingerprint density at radius 2 is 2.08 bits per heavy atom. The molecule has 140 valence electrons. The molecule has 3 N–H and O–H groups in total. The number of amides is 2. The van der Waals surface area contributed by atoms with Crippen molar-refractivity contribution in [1.82, 2.24) is 4.90 Å². The fourth-order valence-electron chi connectivity index (χ4n) is 1.88. The second kappa shape index (κ2) is 9.22. The maximum atomic E-state index is 12.4. The normalized spacial score (nSPS) is 11.5. The number of hydrogen-bond acceptors (Lipinski definition) is 5. The van der Waals surface area contributed by atoms with Crippen molar-refractivity contribution in [2.24, 2.45) is 5.73 Å². The maximum Gasteiger partial charge on any atom is 0.414 e. The van der Waals surface area contributed by atoms with Gasteiger partial charge >= 0.3 is 6.09 Å². The van der Waals surface area contributed by atoms with E-state index >= 15 is 0 Å². The zero-order valence-electron chi connectivity index (χ0n) is 15.3. The number of anilines is 1. The molecule has 1 aromatic rings. The second-order valence-corrected chi connectivity index (χ2v) is 6.97. The first-order valence-electron chi connectivity index (χ1n) is 7.96. The lowest BCUT2D eigenvalue weighted by Gasteiger charge is -2.25. The van der Waals surface area contributed by atoms with Gasteiger partial charge in [0.2, 0.25) is 0 Å². The van der Waals surface area contributed by atoms with Crippen LogP contribution in [0.5, 0.6) is 0 Å². The van der Waals surface area contributed by atoms with Crippen molar-refractivity contribution in [2.75, 3.05) is 18.4 Å². The van der Waals surface area contributed by atoms with E-state index in [1.165, 1.54) is 0 Å². The van der Waals surface area contributed by atoms with Gasteiger partial charge in [-0.15, -0.1) is 0 Å². The average molecular weight is 379 g/mol. The van der Waals surface area contributed by atoms with Gasteiger partial charge in [0.25, 0.3) is 5.91 Å². The molecule has 0 fully saturated rings. The highest BCUT2D eigenvalue weighted by molar-refractivity contribution is 6.31. The summed E-state index contributed by atoms with van der Waals surface area (Å²) in [7, 11) is 0. The van der Waals surface area contributed by atoms with Crippen LogP contribution in [0.25, 0.3) is 0 Å². The molecule has 0 aliphatic rings. The summed E-state index contributed by atoms with van der Waals surface area (Å²) in [4.78, 5) is 25.7. The third-order valence-corrected chi connectivity index (χ3v) is 3.33. The number of nitriles is 1. The number of halogens is 1. The summed E-state index contributed by atoms with van der Waals surface area (Å²) in [6, 6.07) is 6.81. The molecule has 7 nitrogen and oxygen atoms in total. The van der Waals surface area contributed by atoms with Crippen molar-refractivity contribution in [3.63, 3.8) is 0 Å². The number of nitrogens with two attached hydrogens (primary N) is 1. The minimum Gasteiger partial charge on any atom is -0.443 e. The van der Waals surface area contributed by atoms with Crippen LogP contribution in [0.3, 0.4) is 0 Å². The van der Waals surface area contributed by atoms with Crippen molar-refractivity contribution in [1.29, 1.82) is 5.26 Å². The predicted octanol–water partition coefficient (Wildman–Crippen LogP) is 3.19. The third kappa shape index (κ3) is 6.75. The molecule has 26 heavy (non-hydrogen) atoms. The Labute approximate surface area is 158 Å². The number of ether oxygens (including phenoxy) is 1. The average Bonchev–Trinajstić information content (AvgIpc) is 2.53. The second-order valence-electron chi connectivity index (χ2n) is 6.53. The minimum absolute atomic E-state index is 0.101. The molecule has 0 saturated heterocycles. The number of nitrogens with zero attached hydrogens (tertiary/aromatic N) is 2. The topological polar surface area (TPSA) is 108 Å². The minimum atomic E-state index is -0.718. The van der Waals surface area contributed by atoms with Crippen LogP contribution < -0.4 is 11.1 Å². The van der Waals surface area contributed by atoms with Crippen LogP contribution in [0.1, 0.15) is 26.3 Å². The summed E-state index contributed by atoms with van der Waals surface area (Å²) in [6.07, 6.45) is 0.443. The van der Waals surface area contributed by atoms with Gasteiger partial charge in [0, 0.05) is 30.0 Å². The van der Waals surface area contributed by atoms with Gasteiger partial charge in [-0.25, -0.2) is 4.79 Å². The summed E-state index contributed by atoms with van der Waals surface area (Å²) in [5.74, 6) is -0.663.